The van der Waals surface area contributed by atoms with Gasteiger partial charge < -0.3 is 18.4 Å². The van der Waals surface area contributed by atoms with Crippen LogP contribution in [0.3, 0.4) is 0 Å². The van der Waals surface area contributed by atoms with Gasteiger partial charge in [0.15, 0.2) is 0 Å². The summed E-state index contributed by atoms with van der Waals surface area (Å²) in [6, 6.07) is 44.5. The monoisotopic (exact) mass is 966 g/mol. The Morgan fingerprint density at radius 1 is 0.683 bits per heavy atom. The third kappa shape index (κ3) is 7.30. The van der Waals surface area contributed by atoms with Crippen molar-refractivity contribution in [3.8, 4) is 23.0 Å². The Hall–Kier alpha value is -5.71. The van der Waals surface area contributed by atoms with E-state index in [0.29, 0.717) is 28.2 Å². The first-order valence-electron chi connectivity index (χ1n) is 21.7. The summed E-state index contributed by atoms with van der Waals surface area (Å²) in [6.45, 7) is 17.0. The van der Waals surface area contributed by atoms with E-state index in [1.165, 1.54) is 54.4 Å². The topological polar surface area (TPSA) is 35.9 Å². The van der Waals surface area contributed by atoms with E-state index < -0.39 is 6.98 Å². The van der Waals surface area contributed by atoms with Gasteiger partial charge in [0.2, 0.25) is 13.0 Å². The molecule has 9 rings (SSSR count). The minimum atomic E-state index is -2.46. The summed E-state index contributed by atoms with van der Waals surface area (Å²) in [5.41, 5.74) is 15.4. The van der Waals surface area contributed by atoms with Gasteiger partial charge in [-0.1, -0.05) is 143 Å². The second kappa shape index (κ2) is 15.7. The molecule has 0 radical (unpaired) electrons. The number of pyridine rings is 1. The molecule has 7 heteroatoms. The molecule has 302 valence electrons. The Kier molecular flexibility index (Phi) is 9.77. The molecule has 0 fully saturated rings. The normalized spacial score (nSPS) is 12.7. The fraction of sp³-hybridized carbons (Fsp3) is 0.208. The first kappa shape index (κ1) is 37.3. The summed E-state index contributed by atoms with van der Waals surface area (Å²) in [5.74, 6) is 1.78. The Balaban J connectivity index is 0.00000544. The maximum Gasteiger partial charge on any atom is 0.242 e. The molecule has 9 aromatic rings. The van der Waals surface area contributed by atoms with Crippen LogP contribution in [-0.4, -0.2) is 20.8 Å². The van der Waals surface area contributed by atoms with Crippen LogP contribution in [0.25, 0.3) is 44.3 Å². The Labute approximate surface area is 373 Å². The Morgan fingerprint density at radius 3 is 1.97 bits per heavy atom. The number of fused-ring (bicyclic) bond motifs is 4. The van der Waals surface area contributed by atoms with Crippen LogP contribution in [0.1, 0.15) is 63.8 Å². The summed E-state index contributed by atoms with van der Waals surface area (Å²) in [7, 11) is 0. The average molecular weight is 967 g/mol. The zero-order chi connectivity index (χ0) is 43.8. The molecule has 0 aliphatic rings. The second-order valence-electron chi connectivity index (χ2n) is 17.2. The molecular formula is C53H49BN4OPt-2. The van der Waals surface area contributed by atoms with E-state index in [2.05, 4.69) is 158 Å². The summed E-state index contributed by atoms with van der Waals surface area (Å²) in [6.07, 6.45) is 5.07. The molecule has 0 saturated carbocycles. The molecule has 0 atom stereocenters. The standard InChI is InChI=1S/C53H49BN4O.Pt/c1-33-23-35(3)51(36(4)24-33)54(52-37(5)25-34(2)26-38(52)6)40-28-41(57-32-56(10)47-17-13-14-18-48(47)57)30-43(29-40)59-42-19-20-45-44-15-11-12-16-46(44)58(49(45)31-42)50-27-39(21-22-55-50)53(7,8)9;/h11-29H,1-10H3;/q-2;/i10D3;. The number of para-hydroxylation sites is 3. The van der Waals surface area contributed by atoms with Crippen molar-refractivity contribution in [2.24, 2.45) is 6.98 Å². The smallest absolute Gasteiger partial charge is 0.242 e. The predicted molar refractivity (Wildman–Crippen MR) is 244 cm³/mol. The van der Waals surface area contributed by atoms with Crippen LogP contribution in [-0.2, 0) is 33.5 Å². The molecule has 0 unspecified atom stereocenters. The van der Waals surface area contributed by atoms with Gasteiger partial charge in [0.05, 0.1) is 22.1 Å². The second-order valence-corrected chi connectivity index (χ2v) is 17.2. The number of benzene rings is 6. The molecule has 0 bridgehead atoms. The minimum absolute atomic E-state index is 0. The van der Waals surface area contributed by atoms with Crippen molar-refractivity contribution in [2.45, 2.75) is 67.7 Å². The third-order valence-electron chi connectivity index (χ3n) is 11.7. The van der Waals surface area contributed by atoms with Gasteiger partial charge in [-0.15, -0.1) is 29.7 Å². The number of aromatic nitrogens is 4. The van der Waals surface area contributed by atoms with Crippen LogP contribution in [0.2, 0.25) is 0 Å². The van der Waals surface area contributed by atoms with Gasteiger partial charge in [0.25, 0.3) is 0 Å². The number of hydrogen-bond acceptors (Lipinski definition) is 2. The first-order chi connectivity index (χ1) is 29.5. The van der Waals surface area contributed by atoms with Crippen LogP contribution >= 0.6 is 0 Å². The number of nitrogens with zero attached hydrogens (tertiary/aromatic N) is 4. The van der Waals surface area contributed by atoms with Crippen molar-refractivity contribution < 1.29 is 34.5 Å². The van der Waals surface area contributed by atoms with Gasteiger partial charge in [-0.05, 0) is 76.1 Å². The quantitative estimate of drug-likeness (QED) is 0.0907. The van der Waals surface area contributed by atoms with E-state index in [1.807, 2.05) is 42.6 Å². The van der Waals surface area contributed by atoms with Gasteiger partial charge in [-0.25, -0.2) is 4.98 Å². The SMILES string of the molecule is [2H]C([2H])([2H])[n+]1[c-]n(-c2[c-]c(Oc3[c-]c4c(cc3)c3ccccc3n4-c3cc(C(C)(C)C)ccn3)cc(B(c3c(C)cc(C)cc3C)c3c(C)cc(C)cc3C)c2)c2ccccc21.[Pt]. The number of hydrogen-bond donors (Lipinski definition) is 0. The first-order valence-corrected chi connectivity index (χ1v) is 20.2. The van der Waals surface area contributed by atoms with Gasteiger partial charge in [-0.3, -0.25) is 0 Å². The Morgan fingerprint density at radius 2 is 1.32 bits per heavy atom. The molecule has 0 saturated heterocycles. The molecule has 6 aromatic carbocycles. The maximum absolute atomic E-state index is 8.42. The van der Waals surface area contributed by atoms with Crippen molar-refractivity contribution >= 4 is 55.9 Å². The fourth-order valence-corrected chi connectivity index (χ4v) is 9.19. The summed E-state index contributed by atoms with van der Waals surface area (Å²) in [4.78, 5) is 4.87. The van der Waals surface area contributed by atoms with Crippen molar-refractivity contribution in [1.82, 2.24) is 14.1 Å². The predicted octanol–water partition coefficient (Wildman–Crippen LogP) is 9.80. The number of imidazole rings is 1. The molecule has 0 aliphatic carbocycles. The van der Waals surface area contributed by atoms with Crippen LogP contribution in [0.4, 0.5) is 0 Å². The van der Waals surface area contributed by atoms with Gasteiger partial charge in [0.1, 0.15) is 5.82 Å². The van der Waals surface area contributed by atoms with Crippen LogP contribution in [0.5, 0.6) is 11.5 Å². The molecule has 0 spiro atoms. The van der Waals surface area contributed by atoms with Crippen LogP contribution < -0.4 is 25.7 Å². The van der Waals surface area contributed by atoms with Crippen LogP contribution in [0, 0.1) is 60.0 Å². The summed E-state index contributed by atoms with van der Waals surface area (Å²) < 4.78 is 37.4. The van der Waals surface area contributed by atoms with Gasteiger partial charge >= 0.3 is 0 Å². The molecular weight excluding hydrogens is 914 g/mol. The minimum Gasteiger partial charge on any atom is -0.510 e. The number of aryl methyl sites for hydroxylation is 7. The number of ether oxygens (including phenoxy) is 1. The molecule has 0 amide bonds. The van der Waals surface area contributed by atoms with E-state index in [0.717, 1.165) is 33.1 Å². The molecule has 3 heterocycles. The molecule has 3 aromatic heterocycles. The largest absolute Gasteiger partial charge is 0.510 e. The summed E-state index contributed by atoms with van der Waals surface area (Å²) >= 11 is 0. The number of rotatable bonds is 7. The average Bonchev–Trinajstić information content (AvgIpc) is 3.76. The van der Waals surface area contributed by atoms with Crippen molar-refractivity contribution in [3.63, 3.8) is 0 Å². The molecule has 5 nitrogen and oxygen atoms in total. The van der Waals surface area contributed by atoms with Crippen molar-refractivity contribution in [1.29, 1.82) is 0 Å². The molecule has 0 N–H and O–H groups in total. The van der Waals surface area contributed by atoms with Crippen molar-refractivity contribution in [2.75, 3.05) is 0 Å². The van der Waals surface area contributed by atoms with E-state index in [9.17, 15) is 0 Å². The zero-order valence-corrected chi connectivity index (χ0v) is 37.8. The van der Waals surface area contributed by atoms with E-state index in [4.69, 9.17) is 13.8 Å². The van der Waals surface area contributed by atoms with E-state index in [1.54, 1.807) is 4.57 Å². The van der Waals surface area contributed by atoms with Gasteiger partial charge in [-0.2, -0.15) is 17.6 Å². The Bertz CT molecular complexity index is 3130. The van der Waals surface area contributed by atoms with Crippen LogP contribution in [0.15, 0.2) is 115 Å². The molecule has 60 heavy (non-hydrogen) atoms. The van der Waals surface area contributed by atoms with E-state index >= 15 is 0 Å². The van der Waals surface area contributed by atoms with Gasteiger partial charge in [0, 0.05) is 44.3 Å². The summed E-state index contributed by atoms with van der Waals surface area (Å²) in [5, 5.41) is 2.13. The zero-order valence-electron chi connectivity index (χ0n) is 38.6. The van der Waals surface area contributed by atoms with E-state index in [-0.39, 0.29) is 33.2 Å². The fourth-order valence-electron chi connectivity index (χ4n) is 9.19. The maximum atomic E-state index is 8.42. The van der Waals surface area contributed by atoms with Crippen molar-refractivity contribution in [3.05, 3.63) is 173 Å². The molecule has 0 aliphatic heterocycles. The third-order valence-corrected chi connectivity index (χ3v) is 11.7.